The van der Waals surface area contributed by atoms with Crippen LogP contribution in [0.25, 0.3) is 11.3 Å². The average Bonchev–Trinajstić information content (AvgIpc) is 3.24. The zero-order valence-corrected chi connectivity index (χ0v) is 15.1. The highest BCUT2D eigenvalue weighted by Crippen LogP contribution is 2.30. The van der Waals surface area contributed by atoms with Crippen molar-refractivity contribution in [3.63, 3.8) is 0 Å². The first-order valence-electron chi connectivity index (χ1n) is 8.54. The number of nitrogens with one attached hydrogen (secondary N) is 1. The van der Waals surface area contributed by atoms with Gasteiger partial charge in [-0.2, -0.15) is 0 Å². The molecular weight excluding hydrogens is 336 g/mol. The molecule has 3 N–H and O–H groups in total. The van der Waals surface area contributed by atoms with Crippen LogP contribution < -0.4 is 4.74 Å². The highest BCUT2D eigenvalue weighted by atomic mass is 16.5. The van der Waals surface area contributed by atoms with Crippen molar-refractivity contribution in [3.05, 3.63) is 36.0 Å². The minimum atomic E-state index is -0.554. The summed E-state index contributed by atoms with van der Waals surface area (Å²) < 4.78 is 16.4. The van der Waals surface area contributed by atoms with Gasteiger partial charge in [0.25, 0.3) is 0 Å². The number of methoxy groups -OCH3 is 1. The molecule has 0 radical (unpaired) electrons. The molecule has 0 fully saturated rings. The molecule has 1 aliphatic rings. The van der Waals surface area contributed by atoms with Crippen molar-refractivity contribution in [2.45, 2.75) is 32.1 Å². The molecule has 2 aromatic rings. The van der Waals surface area contributed by atoms with Gasteiger partial charge in [-0.3, -0.25) is 0 Å². The molecule has 0 unspecified atom stereocenters. The van der Waals surface area contributed by atoms with Crippen LogP contribution in [0.2, 0.25) is 0 Å². The molecule has 0 spiro atoms. The minimum absolute atomic E-state index is 0.113. The van der Waals surface area contributed by atoms with Crippen LogP contribution in [0.1, 0.15) is 19.5 Å². The lowest BCUT2D eigenvalue weighted by atomic mass is 10.1. The van der Waals surface area contributed by atoms with Gasteiger partial charge in [-0.1, -0.05) is 0 Å². The predicted molar refractivity (Wildman–Crippen MR) is 97.8 cm³/mol. The second-order valence-corrected chi connectivity index (χ2v) is 6.44. The van der Waals surface area contributed by atoms with E-state index in [-0.39, 0.29) is 17.9 Å². The Morgan fingerprint density at radius 1 is 1.27 bits per heavy atom. The molecule has 2 heterocycles. The molecule has 1 aromatic heterocycles. The van der Waals surface area contributed by atoms with Crippen LogP contribution in [0.15, 0.2) is 35.3 Å². The summed E-state index contributed by atoms with van der Waals surface area (Å²) in [5.74, 6) is 1.15. The number of phenolic OH excluding ortho intramolecular Hbond substituents is 1. The Morgan fingerprint density at radius 3 is 2.73 bits per heavy atom. The molecule has 0 saturated heterocycles. The number of aromatic hydroxyl groups is 1. The van der Waals surface area contributed by atoms with Gasteiger partial charge in [0.1, 0.15) is 35.9 Å². The highest BCUT2D eigenvalue weighted by Gasteiger charge is 2.24. The van der Waals surface area contributed by atoms with Gasteiger partial charge in [-0.25, -0.2) is 4.99 Å². The molecule has 0 bridgehead atoms. The fourth-order valence-corrected chi connectivity index (χ4v) is 2.78. The number of ether oxygens (including phenoxy) is 3. The topological polar surface area (TPSA) is 96.3 Å². The quantitative estimate of drug-likeness (QED) is 0.704. The van der Waals surface area contributed by atoms with Gasteiger partial charge < -0.3 is 29.4 Å². The molecule has 7 heteroatoms. The number of rotatable bonds is 7. The van der Waals surface area contributed by atoms with Crippen LogP contribution >= 0.6 is 0 Å². The van der Waals surface area contributed by atoms with E-state index in [2.05, 4.69) is 9.98 Å². The van der Waals surface area contributed by atoms with Gasteiger partial charge in [-0.05, 0) is 38.1 Å². The molecule has 1 aromatic carbocycles. The molecular formula is C19H24N2O5. The summed E-state index contributed by atoms with van der Waals surface area (Å²) in [4.78, 5) is 7.62. The van der Waals surface area contributed by atoms with Crippen LogP contribution in [-0.2, 0) is 9.47 Å². The molecule has 1 aliphatic heterocycles. The maximum Gasteiger partial charge on any atom is 0.233 e. The number of aliphatic hydroxyl groups is 1. The summed E-state index contributed by atoms with van der Waals surface area (Å²) in [5.41, 5.74) is 2.30. The van der Waals surface area contributed by atoms with Crippen LogP contribution in [0.4, 0.5) is 0 Å². The van der Waals surface area contributed by atoms with E-state index >= 15 is 0 Å². The van der Waals surface area contributed by atoms with Gasteiger partial charge in [0.05, 0.1) is 12.7 Å². The Morgan fingerprint density at radius 2 is 2.04 bits per heavy atom. The first-order valence-corrected chi connectivity index (χ1v) is 8.54. The fourth-order valence-electron chi connectivity index (χ4n) is 2.78. The van der Waals surface area contributed by atoms with E-state index in [4.69, 9.17) is 14.2 Å². The Bertz CT molecular complexity index is 784. The third-order valence-corrected chi connectivity index (χ3v) is 4.09. The Balaban J connectivity index is 1.81. The van der Waals surface area contributed by atoms with E-state index in [0.717, 1.165) is 17.0 Å². The number of H-pyrrole nitrogens is 1. The number of aliphatic hydroxyl groups excluding tert-OH is 1. The summed E-state index contributed by atoms with van der Waals surface area (Å²) in [6.07, 6.45) is -0.686. The molecule has 0 saturated carbocycles. The molecule has 3 rings (SSSR count). The molecule has 0 amide bonds. The molecule has 0 aliphatic carbocycles. The smallest absolute Gasteiger partial charge is 0.233 e. The number of benzene rings is 1. The second-order valence-electron chi connectivity index (χ2n) is 6.44. The van der Waals surface area contributed by atoms with Gasteiger partial charge in [0.15, 0.2) is 0 Å². The Hall–Kier alpha value is -2.51. The van der Waals surface area contributed by atoms with Gasteiger partial charge >= 0.3 is 0 Å². The summed E-state index contributed by atoms with van der Waals surface area (Å²) in [7, 11) is 1.62. The number of hydrogen-bond donors (Lipinski definition) is 3. The van der Waals surface area contributed by atoms with Crippen molar-refractivity contribution >= 4 is 5.90 Å². The van der Waals surface area contributed by atoms with Gasteiger partial charge in [0, 0.05) is 24.4 Å². The maximum absolute atomic E-state index is 10.0. The van der Waals surface area contributed by atoms with E-state index < -0.39 is 6.10 Å². The summed E-state index contributed by atoms with van der Waals surface area (Å²) >= 11 is 0. The van der Waals surface area contributed by atoms with Crippen LogP contribution in [0, 0.1) is 0 Å². The van der Waals surface area contributed by atoms with Gasteiger partial charge in [0.2, 0.25) is 5.90 Å². The van der Waals surface area contributed by atoms with E-state index in [1.165, 1.54) is 0 Å². The summed E-state index contributed by atoms with van der Waals surface area (Å²) in [6, 6.07) is 8.55. The van der Waals surface area contributed by atoms with Crippen molar-refractivity contribution in [1.29, 1.82) is 0 Å². The normalized spacial score (nSPS) is 18.9. The molecule has 3 atom stereocenters. The van der Waals surface area contributed by atoms with Crippen LogP contribution in [-0.4, -0.2) is 59.7 Å². The third-order valence-electron chi connectivity index (χ3n) is 4.09. The average molecular weight is 360 g/mol. The number of aromatic amines is 1. The molecule has 26 heavy (non-hydrogen) atoms. The monoisotopic (exact) mass is 360 g/mol. The number of nitrogens with zero attached hydrogens (tertiary/aromatic N) is 1. The number of phenols is 1. The van der Waals surface area contributed by atoms with E-state index in [1.54, 1.807) is 26.2 Å². The van der Waals surface area contributed by atoms with Crippen molar-refractivity contribution in [2.75, 3.05) is 20.3 Å². The summed E-state index contributed by atoms with van der Waals surface area (Å²) in [6.45, 7) is 4.41. The van der Waals surface area contributed by atoms with E-state index in [0.29, 0.717) is 24.9 Å². The Labute approximate surface area is 152 Å². The highest BCUT2D eigenvalue weighted by molar-refractivity contribution is 5.94. The fraction of sp³-hybridized carbons (Fsp3) is 0.421. The maximum atomic E-state index is 10.0. The van der Waals surface area contributed by atoms with Crippen molar-refractivity contribution in [3.8, 4) is 22.8 Å². The summed E-state index contributed by atoms with van der Waals surface area (Å²) in [5, 5.41) is 19.6. The lowest BCUT2D eigenvalue weighted by Gasteiger charge is -2.14. The minimum Gasteiger partial charge on any atom is -0.508 e. The van der Waals surface area contributed by atoms with Gasteiger partial charge in [-0.15, -0.1) is 0 Å². The number of hydrogen-bond acceptors (Lipinski definition) is 6. The zero-order chi connectivity index (χ0) is 18.7. The second kappa shape index (κ2) is 7.80. The first kappa shape index (κ1) is 18.3. The number of aliphatic imine (C=N–C) groups is 1. The zero-order valence-electron chi connectivity index (χ0n) is 15.1. The SMILES string of the molecule is COC[C@H](C)Oc1cc(O)cc(-c2ccc(C3=N[C@H]([C@H](C)O)CO3)[nH]2)c1. The number of aromatic nitrogens is 1. The molecule has 7 nitrogen and oxygen atoms in total. The van der Waals surface area contributed by atoms with Crippen molar-refractivity contribution in [2.24, 2.45) is 4.99 Å². The van der Waals surface area contributed by atoms with Crippen molar-refractivity contribution < 1.29 is 24.4 Å². The first-order chi connectivity index (χ1) is 12.5. The van der Waals surface area contributed by atoms with Crippen molar-refractivity contribution in [1.82, 2.24) is 4.98 Å². The van der Waals surface area contributed by atoms with Crippen LogP contribution in [0.3, 0.4) is 0 Å². The standard InChI is InChI=1S/C19H24N2O5/c1-11(9-24-3)26-15-7-13(6-14(23)8-15)16-4-5-17(20-16)19-21-18(10-25-19)12(2)22/h4-8,11-12,18,20,22-23H,9-10H2,1-3H3/t11-,12-,18-/m0/s1. The lowest BCUT2D eigenvalue weighted by molar-refractivity contribution is 0.0919. The Kier molecular flexibility index (Phi) is 5.49. The predicted octanol–water partition coefficient (Wildman–Crippen LogP) is 2.33. The van der Waals surface area contributed by atoms with E-state index in [1.807, 2.05) is 25.1 Å². The third kappa shape index (κ3) is 4.17. The largest absolute Gasteiger partial charge is 0.508 e. The lowest BCUT2D eigenvalue weighted by Crippen LogP contribution is -2.21. The van der Waals surface area contributed by atoms with E-state index in [9.17, 15) is 10.2 Å². The molecule has 140 valence electrons. The van der Waals surface area contributed by atoms with Crippen LogP contribution in [0.5, 0.6) is 11.5 Å².